The predicted octanol–water partition coefficient (Wildman–Crippen LogP) is 4.10. The first-order valence-electron chi connectivity index (χ1n) is 7.56. The molecule has 0 fully saturated rings. The van der Waals surface area contributed by atoms with Crippen LogP contribution in [0.5, 0.6) is 0 Å². The number of rotatable bonds is 2. The molecule has 2 N–H and O–H groups in total. The lowest BCUT2D eigenvalue weighted by Gasteiger charge is -2.28. The van der Waals surface area contributed by atoms with E-state index in [4.69, 9.17) is 5.73 Å². The van der Waals surface area contributed by atoms with Crippen molar-refractivity contribution in [3.63, 3.8) is 0 Å². The van der Waals surface area contributed by atoms with Gasteiger partial charge in [0, 0.05) is 0 Å². The van der Waals surface area contributed by atoms with E-state index in [0.29, 0.717) is 0 Å². The number of fused-ring (bicyclic) bond motifs is 1. The first kappa shape index (κ1) is 13.4. The van der Waals surface area contributed by atoms with Gasteiger partial charge in [-0.05, 0) is 61.8 Å². The molecule has 20 heavy (non-hydrogen) atoms. The van der Waals surface area contributed by atoms with Crippen LogP contribution in [0.15, 0.2) is 42.5 Å². The molecule has 0 aromatic heterocycles. The van der Waals surface area contributed by atoms with Gasteiger partial charge >= 0.3 is 0 Å². The highest BCUT2D eigenvalue weighted by Gasteiger charge is 2.24. The van der Waals surface area contributed by atoms with Crippen LogP contribution in [0.3, 0.4) is 0 Å². The molecule has 1 aliphatic carbocycles. The van der Waals surface area contributed by atoms with Gasteiger partial charge in [0.05, 0.1) is 5.54 Å². The molecule has 0 amide bonds. The maximum Gasteiger partial charge on any atom is 0.0637 e. The molecule has 1 unspecified atom stereocenters. The third kappa shape index (κ3) is 2.38. The van der Waals surface area contributed by atoms with Crippen molar-refractivity contribution in [2.24, 2.45) is 5.73 Å². The molecule has 2 aromatic rings. The summed E-state index contributed by atoms with van der Waals surface area (Å²) in [7, 11) is 0. The van der Waals surface area contributed by atoms with Crippen molar-refractivity contribution in [3.05, 3.63) is 70.3 Å². The highest BCUT2D eigenvalue weighted by molar-refractivity contribution is 5.42. The van der Waals surface area contributed by atoms with Crippen LogP contribution in [0.1, 0.15) is 47.6 Å². The van der Waals surface area contributed by atoms with Crippen LogP contribution in [-0.4, -0.2) is 0 Å². The van der Waals surface area contributed by atoms with Crippen molar-refractivity contribution in [1.82, 2.24) is 0 Å². The molecule has 1 aliphatic rings. The minimum atomic E-state index is -0.416. The Balaban J connectivity index is 2.00. The zero-order valence-electron chi connectivity index (χ0n) is 12.4. The van der Waals surface area contributed by atoms with Crippen molar-refractivity contribution in [3.8, 4) is 0 Å². The number of benzene rings is 2. The summed E-state index contributed by atoms with van der Waals surface area (Å²) in [4.78, 5) is 0. The van der Waals surface area contributed by atoms with Crippen LogP contribution in [0.4, 0.5) is 0 Å². The Hall–Kier alpha value is -1.60. The molecule has 104 valence electrons. The molecule has 2 aromatic carbocycles. The highest BCUT2D eigenvalue weighted by Crippen LogP contribution is 2.30. The molecule has 1 heteroatoms. The van der Waals surface area contributed by atoms with Gasteiger partial charge in [-0.3, -0.25) is 0 Å². The molecular formula is C19H23N. The van der Waals surface area contributed by atoms with Gasteiger partial charge in [0.25, 0.3) is 0 Å². The van der Waals surface area contributed by atoms with Crippen molar-refractivity contribution in [1.29, 1.82) is 0 Å². The van der Waals surface area contributed by atoms with E-state index < -0.39 is 5.54 Å². The molecule has 0 saturated carbocycles. The fraction of sp³-hybridized carbons (Fsp3) is 0.368. The van der Waals surface area contributed by atoms with Gasteiger partial charge in [0.15, 0.2) is 0 Å². The zero-order chi connectivity index (χ0) is 14.2. The number of hydrogen-bond donors (Lipinski definition) is 1. The van der Waals surface area contributed by atoms with Crippen LogP contribution in [0.2, 0.25) is 0 Å². The van der Waals surface area contributed by atoms with Gasteiger partial charge in [-0.1, -0.05) is 48.0 Å². The van der Waals surface area contributed by atoms with E-state index in [-0.39, 0.29) is 0 Å². The van der Waals surface area contributed by atoms with Crippen LogP contribution in [0.25, 0.3) is 0 Å². The van der Waals surface area contributed by atoms with E-state index in [1.807, 2.05) is 0 Å². The van der Waals surface area contributed by atoms with E-state index in [1.165, 1.54) is 53.5 Å². The topological polar surface area (TPSA) is 26.0 Å². The SMILES string of the molecule is Cc1ccc(C(C)(N)c2ccc3c(c2)CCCC3)cc1. The monoisotopic (exact) mass is 265 g/mol. The molecule has 1 atom stereocenters. The predicted molar refractivity (Wildman–Crippen MR) is 84.9 cm³/mol. The molecule has 0 aliphatic heterocycles. The number of aryl methyl sites for hydroxylation is 3. The number of nitrogens with two attached hydrogens (primary N) is 1. The van der Waals surface area contributed by atoms with E-state index in [1.54, 1.807) is 0 Å². The summed E-state index contributed by atoms with van der Waals surface area (Å²) in [6.07, 6.45) is 5.06. The Labute approximate surface area is 121 Å². The Morgan fingerprint density at radius 2 is 1.45 bits per heavy atom. The minimum absolute atomic E-state index is 0.416. The second-order valence-electron chi connectivity index (χ2n) is 6.26. The summed E-state index contributed by atoms with van der Waals surface area (Å²) in [6.45, 7) is 4.22. The first-order chi connectivity index (χ1) is 9.57. The van der Waals surface area contributed by atoms with Crippen LogP contribution in [0, 0.1) is 6.92 Å². The summed E-state index contributed by atoms with van der Waals surface area (Å²) >= 11 is 0. The second-order valence-corrected chi connectivity index (χ2v) is 6.26. The summed E-state index contributed by atoms with van der Waals surface area (Å²) < 4.78 is 0. The van der Waals surface area contributed by atoms with Gasteiger partial charge < -0.3 is 5.73 Å². The zero-order valence-corrected chi connectivity index (χ0v) is 12.4. The van der Waals surface area contributed by atoms with E-state index in [2.05, 4.69) is 56.3 Å². The summed E-state index contributed by atoms with van der Waals surface area (Å²) in [5.41, 5.74) is 12.9. The standard InChI is InChI=1S/C19H23N/c1-14-7-10-17(11-8-14)19(2,20)18-12-9-15-5-3-4-6-16(15)13-18/h7-13H,3-6,20H2,1-2H3. The molecule has 1 nitrogen and oxygen atoms in total. The summed E-state index contributed by atoms with van der Waals surface area (Å²) in [6, 6.07) is 15.4. The van der Waals surface area contributed by atoms with Gasteiger partial charge in [0.2, 0.25) is 0 Å². The maximum absolute atomic E-state index is 6.64. The van der Waals surface area contributed by atoms with E-state index in [0.717, 1.165) is 0 Å². The highest BCUT2D eigenvalue weighted by atomic mass is 14.7. The molecule has 0 heterocycles. The van der Waals surface area contributed by atoms with Crippen molar-refractivity contribution < 1.29 is 0 Å². The van der Waals surface area contributed by atoms with Gasteiger partial charge in [-0.15, -0.1) is 0 Å². The minimum Gasteiger partial charge on any atom is -0.318 e. The lowest BCUT2D eigenvalue weighted by atomic mass is 9.81. The Morgan fingerprint density at radius 1 is 0.850 bits per heavy atom. The van der Waals surface area contributed by atoms with Crippen LogP contribution >= 0.6 is 0 Å². The Morgan fingerprint density at radius 3 is 2.15 bits per heavy atom. The fourth-order valence-electron chi connectivity index (χ4n) is 3.12. The molecule has 0 spiro atoms. The van der Waals surface area contributed by atoms with Crippen molar-refractivity contribution in [2.75, 3.05) is 0 Å². The van der Waals surface area contributed by atoms with Gasteiger partial charge in [0.1, 0.15) is 0 Å². The molecule has 3 rings (SSSR count). The van der Waals surface area contributed by atoms with Gasteiger partial charge in [-0.25, -0.2) is 0 Å². The molecule has 0 bridgehead atoms. The average molecular weight is 265 g/mol. The normalized spacial score (nSPS) is 17.4. The van der Waals surface area contributed by atoms with E-state index in [9.17, 15) is 0 Å². The molecule has 0 radical (unpaired) electrons. The van der Waals surface area contributed by atoms with E-state index >= 15 is 0 Å². The van der Waals surface area contributed by atoms with Crippen molar-refractivity contribution >= 4 is 0 Å². The maximum atomic E-state index is 6.64. The first-order valence-corrected chi connectivity index (χ1v) is 7.56. The number of hydrogen-bond acceptors (Lipinski definition) is 1. The Bertz CT molecular complexity index is 608. The Kier molecular flexibility index (Phi) is 3.39. The van der Waals surface area contributed by atoms with Crippen molar-refractivity contribution in [2.45, 2.75) is 45.1 Å². The quantitative estimate of drug-likeness (QED) is 0.869. The second kappa shape index (κ2) is 5.06. The molecular weight excluding hydrogens is 242 g/mol. The van der Waals surface area contributed by atoms with Crippen LogP contribution in [-0.2, 0) is 18.4 Å². The summed E-state index contributed by atoms with van der Waals surface area (Å²) in [5.74, 6) is 0. The lowest BCUT2D eigenvalue weighted by molar-refractivity contribution is 0.598. The lowest BCUT2D eigenvalue weighted by Crippen LogP contribution is -2.34. The largest absolute Gasteiger partial charge is 0.318 e. The summed E-state index contributed by atoms with van der Waals surface area (Å²) in [5, 5.41) is 0. The smallest absolute Gasteiger partial charge is 0.0637 e. The average Bonchev–Trinajstić information content (AvgIpc) is 2.47. The van der Waals surface area contributed by atoms with Crippen LogP contribution < -0.4 is 5.73 Å². The van der Waals surface area contributed by atoms with Gasteiger partial charge in [-0.2, -0.15) is 0 Å². The third-order valence-electron chi connectivity index (χ3n) is 4.60. The fourth-order valence-corrected chi connectivity index (χ4v) is 3.12. The molecule has 0 saturated heterocycles. The third-order valence-corrected chi connectivity index (χ3v) is 4.60.